The summed E-state index contributed by atoms with van der Waals surface area (Å²) in [5, 5.41) is 2.65. The van der Waals surface area contributed by atoms with Gasteiger partial charge in [-0.15, -0.1) is 0 Å². The van der Waals surface area contributed by atoms with Gasteiger partial charge in [0.1, 0.15) is 17.1 Å². The minimum Gasteiger partial charge on any atom is -0.493 e. The van der Waals surface area contributed by atoms with Crippen LogP contribution in [0.1, 0.15) is 54.9 Å². The molecular formula is C27H28F4N2O5S. The molecule has 2 amide bonds. The summed E-state index contributed by atoms with van der Waals surface area (Å²) in [6.45, 7) is 1.32. The fourth-order valence-corrected chi connectivity index (χ4v) is 5.50. The number of aryl methyl sites for hydroxylation is 2. The summed E-state index contributed by atoms with van der Waals surface area (Å²) in [4.78, 5) is 26.2. The molecule has 0 radical (unpaired) electrons. The first kappa shape index (κ1) is 28.6. The van der Waals surface area contributed by atoms with Crippen molar-refractivity contribution < 1.29 is 40.3 Å². The zero-order valence-electron chi connectivity index (χ0n) is 21.4. The summed E-state index contributed by atoms with van der Waals surface area (Å²) >= 11 is 0. The Bertz CT molecular complexity index is 1450. The second-order valence-corrected chi connectivity index (χ2v) is 11.8. The Morgan fingerprint density at radius 1 is 1.13 bits per heavy atom. The molecule has 2 aromatic carbocycles. The number of rotatable bonds is 8. The lowest BCUT2D eigenvalue weighted by molar-refractivity contribution is -0.136. The topological polar surface area (TPSA) is 102 Å². The SMILES string of the molecule is C[C@@]1(c2ccc(OCCCC(F)(F)F)cc2F)CC(c2ccc3c(c2)CCC3)=C(C(=O)NS(C)(=O)=O)C(=O)N1. The molecule has 1 aliphatic carbocycles. The predicted molar refractivity (Wildman–Crippen MR) is 136 cm³/mol. The molecule has 2 aromatic rings. The van der Waals surface area contributed by atoms with Gasteiger partial charge in [-0.25, -0.2) is 17.5 Å². The normalized spacial score (nSPS) is 19.5. The van der Waals surface area contributed by atoms with Crippen molar-refractivity contribution in [3.05, 3.63) is 70.0 Å². The highest BCUT2D eigenvalue weighted by Crippen LogP contribution is 2.41. The van der Waals surface area contributed by atoms with Crippen LogP contribution < -0.4 is 14.8 Å². The maximum absolute atomic E-state index is 15.3. The Labute approximate surface area is 223 Å². The molecule has 0 saturated heterocycles. The Kier molecular flexibility index (Phi) is 7.79. The number of carbonyl (C=O) groups excluding carboxylic acids is 2. The van der Waals surface area contributed by atoms with Gasteiger partial charge in [0, 0.05) is 24.5 Å². The Morgan fingerprint density at radius 3 is 2.51 bits per heavy atom. The van der Waals surface area contributed by atoms with Crippen LogP contribution in [0.2, 0.25) is 0 Å². The third-order valence-corrected chi connectivity index (χ3v) is 7.37. The van der Waals surface area contributed by atoms with Gasteiger partial charge in [-0.2, -0.15) is 13.2 Å². The number of amides is 2. The van der Waals surface area contributed by atoms with Gasteiger partial charge < -0.3 is 10.1 Å². The summed E-state index contributed by atoms with van der Waals surface area (Å²) in [5.74, 6) is -2.68. The highest BCUT2D eigenvalue weighted by Gasteiger charge is 2.42. The van der Waals surface area contributed by atoms with Crippen molar-refractivity contribution in [3.63, 3.8) is 0 Å². The summed E-state index contributed by atoms with van der Waals surface area (Å²) in [6, 6.07) is 9.35. The van der Waals surface area contributed by atoms with E-state index in [4.69, 9.17) is 4.74 Å². The van der Waals surface area contributed by atoms with Crippen LogP contribution in [-0.2, 0) is 38.0 Å². The van der Waals surface area contributed by atoms with Crippen LogP contribution in [-0.4, -0.2) is 39.3 Å². The monoisotopic (exact) mass is 568 g/mol. The van der Waals surface area contributed by atoms with Crippen LogP contribution in [0.15, 0.2) is 42.0 Å². The molecule has 1 atom stereocenters. The van der Waals surface area contributed by atoms with Crippen LogP contribution in [0.3, 0.4) is 0 Å². The lowest BCUT2D eigenvalue weighted by atomic mass is 9.77. The van der Waals surface area contributed by atoms with Crippen LogP contribution in [0, 0.1) is 5.82 Å². The molecule has 0 unspecified atom stereocenters. The summed E-state index contributed by atoms with van der Waals surface area (Å²) < 4.78 is 83.0. The zero-order chi connectivity index (χ0) is 28.6. The minimum atomic E-state index is -4.31. The second kappa shape index (κ2) is 10.6. The van der Waals surface area contributed by atoms with E-state index in [1.54, 1.807) is 13.0 Å². The maximum atomic E-state index is 15.3. The molecule has 0 spiro atoms. The lowest BCUT2D eigenvalue weighted by Crippen LogP contribution is -2.51. The summed E-state index contributed by atoms with van der Waals surface area (Å²) in [7, 11) is -3.97. The van der Waals surface area contributed by atoms with E-state index in [-0.39, 0.29) is 41.9 Å². The number of carbonyl (C=O) groups is 2. The molecule has 7 nitrogen and oxygen atoms in total. The summed E-state index contributed by atoms with van der Waals surface area (Å²) in [5.41, 5.74) is 1.40. The fourth-order valence-electron chi connectivity index (χ4n) is 5.06. The fraction of sp³-hybridized carbons (Fsp3) is 0.407. The third-order valence-electron chi connectivity index (χ3n) is 6.81. The summed E-state index contributed by atoms with van der Waals surface area (Å²) in [6.07, 6.45) is -2.16. The van der Waals surface area contributed by atoms with E-state index in [0.717, 1.165) is 42.7 Å². The first-order valence-corrected chi connectivity index (χ1v) is 14.2. The molecule has 12 heteroatoms. The number of hydrogen-bond donors (Lipinski definition) is 2. The van der Waals surface area contributed by atoms with E-state index in [0.29, 0.717) is 5.56 Å². The van der Waals surface area contributed by atoms with E-state index in [9.17, 15) is 31.2 Å². The average Bonchev–Trinajstić information content (AvgIpc) is 3.27. The number of ether oxygens (including phenoxy) is 1. The van der Waals surface area contributed by atoms with E-state index in [1.165, 1.54) is 12.1 Å². The van der Waals surface area contributed by atoms with Crippen molar-refractivity contribution in [3.8, 4) is 5.75 Å². The molecule has 210 valence electrons. The van der Waals surface area contributed by atoms with Crippen molar-refractivity contribution in [1.82, 2.24) is 10.0 Å². The average molecular weight is 569 g/mol. The van der Waals surface area contributed by atoms with Crippen molar-refractivity contribution in [2.45, 2.75) is 57.2 Å². The number of sulfonamides is 1. The van der Waals surface area contributed by atoms with Crippen LogP contribution in [0.5, 0.6) is 5.75 Å². The quantitative estimate of drug-likeness (QED) is 0.281. The number of hydrogen-bond acceptors (Lipinski definition) is 5. The first-order chi connectivity index (χ1) is 18.2. The molecule has 4 rings (SSSR count). The third kappa shape index (κ3) is 6.78. The number of halogens is 4. The molecule has 0 fully saturated rings. The standard InChI is InChI=1S/C27H28F4N2O5S/c1-26(21-10-9-19(14-22(21)28)38-12-4-11-27(29,30)31)15-20(18-8-7-16-5-3-6-17(16)13-18)23(24(34)32-26)25(35)33-39(2,36)37/h7-10,13-14H,3-6,11-12,15H2,1-2H3,(H,32,34)(H,33,35)/t26-/m0/s1. The van der Waals surface area contributed by atoms with E-state index < -0.39 is 45.8 Å². The number of benzene rings is 2. The molecule has 0 bridgehead atoms. The van der Waals surface area contributed by atoms with Gasteiger partial charge in [-0.3, -0.25) is 9.59 Å². The van der Waals surface area contributed by atoms with Crippen molar-refractivity contribution in [1.29, 1.82) is 0 Å². The largest absolute Gasteiger partial charge is 0.493 e. The van der Waals surface area contributed by atoms with Crippen molar-refractivity contribution in [2.75, 3.05) is 12.9 Å². The van der Waals surface area contributed by atoms with Crippen molar-refractivity contribution >= 4 is 27.4 Å². The molecule has 1 aliphatic heterocycles. The van der Waals surface area contributed by atoms with E-state index in [1.807, 2.05) is 16.9 Å². The maximum Gasteiger partial charge on any atom is 0.389 e. The van der Waals surface area contributed by atoms with Gasteiger partial charge in [-0.05, 0) is 60.9 Å². The molecule has 0 aromatic heterocycles. The number of alkyl halides is 3. The van der Waals surface area contributed by atoms with Gasteiger partial charge in [0.05, 0.1) is 18.4 Å². The van der Waals surface area contributed by atoms with Crippen molar-refractivity contribution in [2.24, 2.45) is 0 Å². The van der Waals surface area contributed by atoms with Gasteiger partial charge >= 0.3 is 6.18 Å². The highest BCUT2D eigenvalue weighted by molar-refractivity contribution is 7.89. The molecule has 2 aliphatic rings. The highest BCUT2D eigenvalue weighted by atomic mass is 32.2. The first-order valence-electron chi connectivity index (χ1n) is 12.3. The van der Waals surface area contributed by atoms with E-state index >= 15 is 4.39 Å². The lowest BCUT2D eigenvalue weighted by Gasteiger charge is -2.37. The van der Waals surface area contributed by atoms with Gasteiger partial charge in [0.25, 0.3) is 11.8 Å². The Balaban J connectivity index is 1.67. The molecule has 0 saturated carbocycles. The Morgan fingerprint density at radius 2 is 1.85 bits per heavy atom. The predicted octanol–water partition coefficient (Wildman–Crippen LogP) is 4.30. The van der Waals surface area contributed by atoms with Crippen LogP contribution in [0.4, 0.5) is 17.6 Å². The molecule has 39 heavy (non-hydrogen) atoms. The number of fused-ring (bicyclic) bond motifs is 1. The van der Waals surface area contributed by atoms with Crippen LogP contribution in [0.25, 0.3) is 5.57 Å². The van der Waals surface area contributed by atoms with E-state index in [2.05, 4.69) is 5.32 Å². The Hall–Kier alpha value is -3.41. The van der Waals surface area contributed by atoms with Gasteiger partial charge in [-0.1, -0.05) is 24.3 Å². The number of nitrogens with one attached hydrogen (secondary N) is 2. The van der Waals surface area contributed by atoms with Gasteiger partial charge in [0.2, 0.25) is 10.0 Å². The zero-order valence-corrected chi connectivity index (χ0v) is 22.2. The second-order valence-electron chi connectivity index (χ2n) is 10.1. The smallest absolute Gasteiger partial charge is 0.389 e. The molecule has 1 heterocycles. The van der Waals surface area contributed by atoms with Crippen LogP contribution >= 0.6 is 0 Å². The molecular weight excluding hydrogens is 540 g/mol. The minimum absolute atomic E-state index is 0.0340. The van der Waals surface area contributed by atoms with Gasteiger partial charge in [0.15, 0.2) is 0 Å². The molecule has 2 N–H and O–H groups in total.